The molecule has 16 heavy (non-hydrogen) atoms. The highest BCUT2D eigenvalue weighted by molar-refractivity contribution is 5.43. The number of phenols is 1. The van der Waals surface area contributed by atoms with Gasteiger partial charge in [-0.1, -0.05) is 13.0 Å². The molecule has 1 fully saturated rings. The number of aromatic hydroxyl groups is 1. The number of benzene rings is 1. The molecule has 1 unspecified atom stereocenters. The maximum Gasteiger partial charge on any atom is 0.115 e. The molecule has 2 atom stereocenters. The van der Waals surface area contributed by atoms with Gasteiger partial charge in [0.15, 0.2) is 0 Å². The molecule has 1 aromatic carbocycles. The Hall–Kier alpha value is -1.02. The van der Waals surface area contributed by atoms with Crippen LogP contribution in [0.3, 0.4) is 0 Å². The van der Waals surface area contributed by atoms with E-state index >= 15 is 0 Å². The van der Waals surface area contributed by atoms with Gasteiger partial charge in [-0.3, -0.25) is 0 Å². The number of hydrogen-bond donors (Lipinski definition) is 1. The molecule has 2 nitrogen and oxygen atoms in total. The molecule has 1 N–H and O–H groups in total. The van der Waals surface area contributed by atoms with Gasteiger partial charge >= 0.3 is 0 Å². The number of rotatable bonds is 0. The van der Waals surface area contributed by atoms with Crippen molar-refractivity contribution in [2.75, 3.05) is 13.6 Å². The van der Waals surface area contributed by atoms with E-state index in [-0.39, 0.29) is 5.41 Å². The van der Waals surface area contributed by atoms with Gasteiger partial charge in [-0.15, -0.1) is 0 Å². The molecule has 0 spiro atoms. The minimum atomic E-state index is 0.281. The van der Waals surface area contributed by atoms with Crippen LogP contribution in [-0.2, 0) is 11.8 Å². The first-order valence-corrected chi connectivity index (χ1v) is 6.11. The second kappa shape index (κ2) is 3.24. The van der Waals surface area contributed by atoms with E-state index in [0.29, 0.717) is 11.8 Å². The van der Waals surface area contributed by atoms with Crippen LogP contribution < -0.4 is 0 Å². The molecule has 2 aliphatic rings. The standard InChI is InChI=1S/C14H19NO/c1-14-5-6-15(2)11(9-14)7-10-3-4-12(16)8-13(10)14/h3-4,8,11,16H,5-7,9H2,1-2H3/t11-,14?/m0/s1. The van der Waals surface area contributed by atoms with Crippen molar-refractivity contribution in [3.63, 3.8) is 0 Å². The third-order valence-electron chi connectivity index (χ3n) is 4.53. The predicted molar refractivity (Wildman–Crippen MR) is 64.8 cm³/mol. The topological polar surface area (TPSA) is 23.5 Å². The molecular formula is C14H19NO. The van der Waals surface area contributed by atoms with Crippen LogP contribution in [0.4, 0.5) is 0 Å². The SMILES string of the molecule is CN1CCC2(C)C[C@@H]1Cc1ccc(O)cc12. The molecule has 0 saturated carbocycles. The summed E-state index contributed by atoms with van der Waals surface area (Å²) in [6.45, 7) is 3.53. The molecule has 1 saturated heterocycles. The lowest BCUT2D eigenvalue weighted by atomic mass is 9.65. The largest absolute Gasteiger partial charge is 0.508 e. The van der Waals surface area contributed by atoms with Crippen molar-refractivity contribution in [1.29, 1.82) is 0 Å². The second-order valence-electron chi connectivity index (χ2n) is 5.69. The molecule has 1 aliphatic heterocycles. The normalized spacial score (nSPS) is 33.5. The monoisotopic (exact) mass is 217 g/mol. The lowest BCUT2D eigenvalue weighted by molar-refractivity contribution is 0.113. The highest BCUT2D eigenvalue weighted by Crippen LogP contribution is 2.45. The Morgan fingerprint density at radius 3 is 3.06 bits per heavy atom. The molecule has 0 amide bonds. The summed E-state index contributed by atoms with van der Waals surface area (Å²) in [5.41, 5.74) is 3.10. The third kappa shape index (κ3) is 1.36. The van der Waals surface area contributed by atoms with E-state index in [1.807, 2.05) is 12.1 Å². The third-order valence-corrected chi connectivity index (χ3v) is 4.53. The fourth-order valence-corrected chi connectivity index (χ4v) is 3.41. The van der Waals surface area contributed by atoms with Crippen molar-refractivity contribution in [1.82, 2.24) is 4.90 Å². The summed E-state index contributed by atoms with van der Waals surface area (Å²) in [6, 6.07) is 6.60. The van der Waals surface area contributed by atoms with Crippen molar-refractivity contribution in [2.45, 2.75) is 37.6 Å². The van der Waals surface area contributed by atoms with Crippen LogP contribution in [0.5, 0.6) is 5.75 Å². The summed E-state index contributed by atoms with van der Waals surface area (Å²) in [4.78, 5) is 2.48. The molecule has 1 aromatic rings. The number of phenolic OH excluding ortho intramolecular Hbond substituents is 1. The number of likely N-dealkylation sites (tertiary alicyclic amines) is 1. The van der Waals surface area contributed by atoms with Crippen molar-refractivity contribution in [3.05, 3.63) is 29.3 Å². The zero-order valence-corrected chi connectivity index (χ0v) is 10.0. The zero-order chi connectivity index (χ0) is 11.3. The van der Waals surface area contributed by atoms with Gasteiger partial charge in [-0.25, -0.2) is 0 Å². The molecular weight excluding hydrogens is 198 g/mol. The molecule has 0 aromatic heterocycles. The number of nitrogens with zero attached hydrogens (tertiary/aromatic N) is 1. The van der Waals surface area contributed by atoms with E-state index in [4.69, 9.17) is 0 Å². The van der Waals surface area contributed by atoms with Crippen LogP contribution in [0.2, 0.25) is 0 Å². The lowest BCUT2D eigenvalue weighted by Gasteiger charge is -2.48. The minimum absolute atomic E-state index is 0.281. The molecule has 1 aliphatic carbocycles. The van der Waals surface area contributed by atoms with Crippen LogP contribution in [0.1, 0.15) is 30.9 Å². The van der Waals surface area contributed by atoms with E-state index in [9.17, 15) is 5.11 Å². The van der Waals surface area contributed by atoms with Crippen LogP contribution in [0.25, 0.3) is 0 Å². The van der Waals surface area contributed by atoms with Crippen LogP contribution >= 0.6 is 0 Å². The number of likely N-dealkylation sites (N-methyl/N-ethyl adjacent to an activating group) is 1. The Balaban J connectivity index is 2.11. The first-order valence-electron chi connectivity index (χ1n) is 6.11. The first-order chi connectivity index (χ1) is 7.58. The van der Waals surface area contributed by atoms with E-state index in [1.165, 1.54) is 30.5 Å². The van der Waals surface area contributed by atoms with E-state index in [0.717, 1.165) is 6.42 Å². The fourth-order valence-electron chi connectivity index (χ4n) is 3.41. The minimum Gasteiger partial charge on any atom is -0.508 e. The van der Waals surface area contributed by atoms with Gasteiger partial charge in [-0.2, -0.15) is 0 Å². The highest BCUT2D eigenvalue weighted by atomic mass is 16.3. The summed E-state index contributed by atoms with van der Waals surface area (Å²) < 4.78 is 0. The van der Waals surface area contributed by atoms with Crippen LogP contribution in [0, 0.1) is 0 Å². The van der Waals surface area contributed by atoms with Crippen LogP contribution in [-0.4, -0.2) is 29.6 Å². The zero-order valence-electron chi connectivity index (χ0n) is 10.0. The van der Waals surface area contributed by atoms with Crippen molar-refractivity contribution >= 4 is 0 Å². The number of fused-ring (bicyclic) bond motifs is 4. The summed E-state index contributed by atoms with van der Waals surface area (Å²) in [7, 11) is 2.23. The number of piperidine rings is 1. The lowest BCUT2D eigenvalue weighted by Crippen LogP contribution is -2.50. The Morgan fingerprint density at radius 1 is 1.44 bits per heavy atom. The second-order valence-corrected chi connectivity index (χ2v) is 5.69. The van der Waals surface area contributed by atoms with Gasteiger partial charge in [-0.05, 0) is 61.5 Å². The Labute approximate surface area is 96.9 Å². The Morgan fingerprint density at radius 2 is 2.25 bits per heavy atom. The average Bonchev–Trinajstić information content (AvgIpc) is 2.26. The summed E-state index contributed by atoms with van der Waals surface area (Å²) in [6.07, 6.45) is 3.58. The van der Waals surface area contributed by atoms with Crippen molar-refractivity contribution in [2.24, 2.45) is 0 Å². The molecule has 86 valence electrons. The Kier molecular flexibility index (Phi) is 2.05. The van der Waals surface area contributed by atoms with Gasteiger partial charge in [0, 0.05) is 6.04 Å². The van der Waals surface area contributed by atoms with Crippen molar-refractivity contribution < 1.29 is 5.11 Å². The quantitative estimate of drug-likeness (QED) is 0.721. The predicted octanol–water partition coefficient (Wildman–Crippen LogP) is 2.30. The molecule has 0 radical (unpaired) electrons. The number of hydrogen-bond acceptors (Lipinski definition) is 2. The van der Waals surface area contributed by atoms with Gasteiger partial charge in [0.2, 0.25) is 0 Å². The van der Waals surface area contributed by atoms with Gasteiger partial charge in [0.1, 0.15) is 5.75 Å². The maximum atomic E-state index is 9.64. The molecule has 1 heterocycles. The summed E-state index contributed by atoms with van der Waals surface area (Å²) in [5.74, 6) is 0.414. The average molecular weight is 217 g/mol. The van der Waals surface area contributed by atoms with E-state index < -0.39 is 0 Å². The Bertz CT molecular complexity index is 429. The summed E-state index contributed by atoms with van der Waals surface area (Å²) in [5, 5.41) is 9.64. The van der Waals surface area contributed by atoms with Gasteiger partial charge in [0.05, 0.1) is 0 Å². The van der Waals surface area contributed by atoms with Crippen molar-refractivity contribution in [3.8, 4) is 5.75 Å². The smallest absolute Gasteiger partial charge is 0.115 e. The van der Waals surface area contributed by atoms with Gasteiger partial charge < -0.3 is 10.0 Å². The molecule has 3 rings (SSSR count). The van der Waals surface area contributed by atoms with E-state index in [1.54, 1.807) is 0 Å². The van der Waals surface area contributed by atoms with E-state index in [2.05, 4.69) is 24.9 Å². The maximum absolute atomic E-state index is 9.64. The molecule has 2 heteroatoms. The highest BCUT2D eigenvalue weighted by Gasteiger charge is 2.41. The van der Waals surface area contributed by atoms with Crippen LogP contribution in [0.15, 0.2) is 18.2 Å². The van der Waals surface area contributed by atoms with Gasteiger partial charge in [0.25, 0.3) is 0 Å². The fraction of sp³-hybridized carbons (Fsp3) is 0.571. The summed E-state index contributed by atoms with van der Waals surface area (Å²) >= 11 is 0. The first kappa shape index (κ1) is 10.2. The molecule has 2 bridgehead atoms.